The number of hydrogen-bond acceptors (Lipinski definition) is 14. The Morgan fingerprint density at radius 1 is 0.730 bits per heavy atom. The summed E-state index contributed by atoms with van der Waals surface area (Å²) in [5.74, 6) is -2.64. The number of aromatic amines is 1. The number of aryl methyl sites for hydroxylation is 3. The van der Waals surface area contributed by atoms with Gasteiger partial charge in [0.25, 0.3) is 0 Å². The number of esters is 4. The molecule has 348 valence electrons. The fourth-order valence-corrected chi connectivity index (χ4v) is 6.17. The number of carbonyl (C=O) groups excluding carboxylic acids is 5. The summed E-state index contributed by atoms with van der Waals surface area (Å²) in [4.78, 5) is 70.7. The van der Waals surface area contributed by atoms with Crippen molar-refractivity contribution < 1.29 is 57.5 Å². The van der Waals surface area contributed by atoms with E-state index in [-0.39, 0.29) is 24.4 Å². The van der Waals surface area contributed by atoms with Crippen molar-refractivity contribution in [2.24, 2.45) is 21.7 Å². The van der Waals surface area contributed by atoms with E-state index in [0.717, 1.165) is 23.1 Å². The molecule has 0 saturated carbocycles. The lowest BCUT2D eigenvalue weighted by molar-refractivity contribution is -0.294. The molecule has 1 amide bonds. The number of nitrogens with one attached hydrogen (secondary N) is 2. The number of hydrogen-bond donors (Lipinski definition) is 3. The van der Waals surface area contributed by atoms with Crippen LogP contribution in [-0.2, 0) is 66.9 Å². The smallest absolute Gasteiger partial charge is 0.311 e. The number of fused-ring (bicyclic) bond motifs is 1. The molecular formula is C47H68N4O12. The Hall–Kier alpha value is -5.09. The fraction of sp³-hybridized carbons (Fsp3) is 0.638. The molecule has 6 atom stereocenters. The first-order valence-electron chi connectivity index (χ1n) is 21.6. The number of benzene rings is 1. The lowest BCUT2D eigenvalue weighted by Crippen LogP contribution is -2.65. The average molecular weight is 881 g/mol. The Bertz CT molecular complexity index is 2050. The molecule has 16 nitrogen and oxygen atoms in total. The van der Waals surface area contributed by atoms with Crippen molar-refractivity contribution in [2.45, 2.75) is 159 Å². The van der Waals surface area contributed by atoms with Crippen LogP contribution >= 0.6 is 0 Å². The Balaban J connectivity index is 1.70. The van der Waals surface area contributed by atoms with Crippen LogP contribution in [0.2, 0.25) is 0 Å². The van der Waals surface area contributed by atoms with E-state index in [2.05, 4.69) is 20.5 Å². The molecular weight excluding hydrogens is 813 g/mol. The van der Waals surface area contributed by atoms with Gasteiger partial charge in [-0.1, -0.05) is 24.3 Å². The zero-order valence-corrected chi connectivity index (χ0v) is 39.2. The predicted octanol–water partition coefficient (Wildman–Crippen LogP) is 6.13. The first kappa shape index (κ1) is 50.6. The summed E-state index contributed by atoms with van der Waals surface area (Å²) >= 11 is 0. The third kappa shape index (κ3) is 14.2. The summed E-state index contributed by atoms with van der Waals surface area (Å²) in [7, 11) is 0. The lowest BCUT2D eigenvalue weighted by Gasteiger charge is -2.45. The van der Waals surface area contributed by atoms with Crippen molar-refractivity contribution in [3.63, 3.8) is 0 Å². The molecule has 1 aliphatic heterocycles. The SMILES string of the molecule is C[C@@H](CO)NC(=O)CCCc1ccc(CCc2ccnc3[nH]nc(O[C@@H]4O[C@H](COC(=O)C(C)(C)C)[C@@H](OC(=O)C(C)(C)C)[C@H](OC(=O)C(C)(C)C)[C@H]4OC(=O)C(C)(C)C)c23)cc1. The number of H-pyrrole nitrogens is 1. The van der Waals surface area contributed by atoms with Crippen LogP contribution in [0.5, 0.6) is 5.88 Å². The summed E-state index contributed by atoms with van der Waals surface area (Å²) in [6.45, 7) is 21.2. The normalized spacial score (nSPS) is 20.1. The Morgan fingerprint density at radius 2 is 1.25 bits per heavy atom. The van der Waals surface area contributed by atoms with E-state index >= 15 is 0 Å². The highest BCUT2D eigenvalue weighted by molar-refractivity contribution is 5.84. The third-order valence-electron chi connectivity index (χ3n) is 10.1. The predicted molar refractivity (Wildman–Crippen MR) is 233 cm³/mol. The molecule has 2 aromatic heterocycles. The van der Waals surface area contributed by atoms with Gasteiger partial charge in [-0.15, -0.1) is 5.10 Å². The molecule has 4 rings (SSSR count). The number of aromatic nitrogens is 3. The standard InChI is InChI=1S/C47H68N4O12/c1-27(25-52)49-32(53)16-14-15-28-17-19-29(20-18-28)21-22-30-23-24-48-37-33(30)38(51-50-37)63-39-36(62-43(57)47(11,12)13)35(61-42(56)46(8,9)10)34(60-41(55)45(5,6)7)31(59-39)26-58-40(54)44(2,3)4/h17-20,23-24,27,31,34-36,39,52H,14-16,21-22,25-26H2,1-13H3,(H,49,53)(H,48,50,51)/t27-,31+,34+,35-,36+,39-/m0/s1. The molecule has 1 fully saturated rings. The number of ether oxygens (including phenoxy) is 6. The zero-order valence-electron chi connectivity index (χ0n) is 39.2. The van der Waals surface area contributed by atoms with E-state index in [0.29, 0.717) is 36.7 Å². The molecule has 0 spiro atoms. The van der Waals surface area contributed by atoms with Gasteiger partial charge < -0.3 is 38.8 Å². The van der Waals surface area contributed by atoms with Crippen LogP contribution in [0.15, 0.2) is 36.5 Å². The van der Waals surface area contributed by atoms with Gasteiger partial charge in [-0.3, -0.25) is 29.1 Å². The average Bonchev–Trinajstić information content (AvgIpc) is 3.60. The zero-order chi connectivity index (χ0) is 47.1. The van der Waals surface area contributed by atoms with Crippen LogP contribution in [0, 0.1) is 21.7 Å². The topological polar surface area (TPSA) is 215 Å². The van der Waals surface area contributed by atoms with Crippen LogP contribution in [0.1, 0.15) is 120 Å². The second-order valence-corrected chi connectivity index (χ2v) is 20.4. The van der Waals surface area contributed by atoms with Crippen LogP contribution in [0.25, 0.3) is 11.0 Å². The van der Waals surface area contributed by atoms with Crippen LogP contribution < -0.4 is 10.1 Å². The maximum absolute atomic E-state index is 13.7. The summed E-state index contributed by atoms with van der Waals surface area (Å²) in [6.07, 6.45) is -2.62. The Morgan fingerprint density at radius 3 is 1.79 bits per heavy atom. The number of nitrogens with zero attached hydrogens (tertiary/aromatic N) is 2. The largest absolute Gasteiger partial charge is 0.462 e. The highest BCUT2D eigenvalue weighted by Gasteiger charge is 2.56. The maximum atomic E-state index is 13.7. The first-order valence-corrected chi connectivity index (χ1v) is 21.6. The van der Waals surface area contributed by atoms with Gasteiger partial charge >= 0.3 is 23.9 Å². The molecule has 1 saturated heterocycles. The molecule has 63 heavy (non-hydrogen) atoms. The van der Waals surface area contributed by atoms with E-state index in [1.165, 1.54) is 0 Å². The quantitative estimate of drug-likeness (QED) is 0.109. The number of pyridine rings is 1. The van der Waals surface area contributed by atoms with Gasteiger partial charge in [0.1, 0.15) is 12.7 Å². The van der Waals surface area contributed by atoms with E-state index in [1.54, 1.807) is 96.2 Å². The van der Waals surface area contributed by atoms with Crippen molar-refractivity contribution >= 4 is 40.8 Å². The number of aliphatic hydroxyl groups is 1. The van der Waals surface area contributed by atoms with Crippen molar-refractivity contribution in [1.29, 1.82) is 0 Å². The van der Waals surface area contributed by atoms with Crippen LogP contribution in [0.4, 0.5) is 0 Å². The highest BCUT2D eigenvalue weighted by atomic mass is 16.7. The fourth-order valence-electron chi connectivity index (χ4n) is 6.17. The number of carbonyl (C=O) groups is 5. The van der Waals surface area contributed by atoms with Gasteiger partial charge in [-0.2, -0.15) is 0 Å². The van der Waals surface area contributed by atoms with Crippen molar-refractivity contribution in [3.05, 3.63) is 53.2 Å². The second-order valence-electron chi connectivity index (χ2n) is 20.4. The van der Waals surface area contributed by atoms with Crippen molar-refractivity contribution in [3.8, 4) is 5.88 Å². The van der Waals surface area contributed by atoms with E-state index in [9.17, 15) is 29.1 Å². The summed E-state index contributed by atoms with van der Waals surface area (Å²) in [6, 6.07) is 9.76. The molecule has 0 bridgehead atoms. The minimum atomic E-state index is -1.53. The van der Waals surface area contributed by atoms with Crippen molar-refractivity contribution in [1.82, 2.24) is 20.5 Å². The molecule has 3 aromatic rings. The van der Waals surface area contributed by atoms with Crippen molar-refractivity contribution in [2.75, 3.05) is 13.2 Å². The van der Waals surface area contributed by atoms with Gasteiger partial charge in [0.15, 0.2) is 17.9 Å². The maximum Gasteiger partial charge on any atom is 0.311 e. The molecule has 0 unspecified atom stereocenters. The molecule has 16 heteroatoms. The summed E-state index contributed by atoms with van der Waals surface area (Å²) in [5.41, 5.74) is -0.584. The van der Waals surface area contributed by atoms with Crippen LogP contribution in [-0.4, -0.2) is 100 Å². The monoisotopic (exact) mass is 880 g/mol. The number of aliphatic hydroxyl groups excluding tert-OH is 1. The molecule has 0 aliphatic carbocycles. The number of amides is 1. The summed E-state index contributed by atoms with van der Waals surface area (Å²) < 4.78 is 37.2. The number of rotatable bonds is 16. The Labute approximate surface area is 370 Å². The van der Waals surface area contributed by atoms with Gasteiger partial charge in [0.05, 0.1) is 33.7 Å². The first-order chi connectivity index (χ1) is 29.2. The molecule has 3 N–H and O–H groups in total. The lowest BCUT2D eigenvalue weighted by atomic mass is 9.93. The molecule has 1 aliphatic rings. The minimum Gasteiger partial charge on any atom is -0.462 e. The second kappa shape index (κ2) is 20.6. The molecule has 0 radical (unpaired) electrons. The van der Waals surface area contributed by atoms with E-state index < -0.39 is 82.8 Å². The highest BCUT2D eigenvalue weighted by Crippen LogP contribution is 2.36. The van der Waals surface area contributed by atoms with Gasteiger partial charge in [-0.25, -0.2) is 4.98 Å². The van der Waals surface area contributed by atoms with Gasteiger partial charge in [0.2, 0.25) is 24.2 Å². The van der Waals surface area contributed by atoms with Gasteiger partial charge in [-0.05, 0) is 138 Å². The molecule has 1 aromatic carbocycles. The summed E-state index contributed by atoms with van der Waals surface area (Å²) in [5, 5.41) is 19.8. The van der Waals surface area contributed by atoms with E-state index in [1.807, 2.05) is 30.3 Å². The Kier molecular flexibility index (Phi) is 16.5. The van der Waals surface area contributed by atoms with Crippen LogP contribution in [0.3, 0.4) is 0 Å². The minimum absolute atomic E-state index is 0.0548. The van der Waals surface area contributed by atoms with E-state index in [4.69, 9.17) is 28.4 Å². The van der Waals surface area contributed by atoms with Gasteiger partial charge in [0, 0.05) is 18.7 Å². The third-order valence-corrected chi connectivity index (χ3v) is 10.1. The molecule has 3 heterocycles.